The second-order valence-electron chi connectivity index (χ2n) is 8.55. The van der Waals surface area contributed by atoms with Gasteiger partial charge in [0.2, 0.25) is 10.0 Å². The molecule has 7 nitrogen and oxygen atoms in total. The Morgan fingerprint density at radius 1 is 1.00 bits per heavy atom. The van der Waals surface area contributed by atoms with Crippen LogP contribution >= 0.6 is 11.6 Å². The van der Waals surface area contributed by atoms with Gasteiger partial charge in [-0.3, -0.25) is 4.90 Å². The van der Waals surface area contributed by atoms with Crippen LogP contribution in [0, 0.1) is 11.3 Å². The van der Waals surface area contributed by atoms with E-state index in [0.717, 1.165) is 16.9 Å². The Morgan fingerprint density at radius 3 is 2.42 bits per heavy atom. The van der Waals surface area contributed by atoms with Gasteiger partial charge in [-0.05, 0) is 53.6 Å². The molecule has 0 N–H and O–H groups in total. The predicted octanol–water partition coefficient (Wildman–Crippen LogP) is 4.48. The molecule has 3 aromatic carbocycles. The van der Waals surface area contributed by atoms with Gasteiger partial charge in [-0.15, -0.1) is 0 Å². The zero-order valence-corrected chi connectivity index (χ0v) is 21.6. The molecule has 0 spiro atoms. The summed E-state index contributed by atoms with van der Waals surface area (Å²) in [5, 5.41) is 9.78. The van der Waals surface area contributed by atoms with E-state index < -0.39 is 10.0 Å². The topological polar surface area (TPSA) is 82.9 Å². The lowest BCUT2D eigenvalue weighted by Gasteiger charge is -2.36. The van der Waals surface area contributed by atoms with E-state index in [9.17, 15) is 8.42 Å². The van der Waals surface area contributed by atoms with Crippen LogP contribution in [0.5, 0.6) is 5.75 Å². The number of hydrogen-bond acceptors (Lipinski definition) is 6. The molecule has 3 aromatic rings. The fraction of sp³-hybridized carbons (Fsp3) is 0.296. The molecule has 0 radical (unpaired) electrons. The van der Waals surface area contributed by atoms with Crippen LogP contribution in [0.1, 0.15) is 22.8 Å². The molecule has 4 rings (SSSR count). The fourth-order valence-electron chi connectivity index (χ4n) is 4.15. The van der Waals surface area contributed by atoms with Crippen molar-refractivity contribution in [3.05, 3.63) is 94.5 Å². The molecular formula is C27H28ClN3O4S. The molecule has 1 fully saturated rings. The average molecular weight is 526 g/mol. The summed E-state index contributed by atoms with van der Waals surface area (Å²) < 4.78 is 39.3. The lowest BCUT2D eigenvalue weighted by Crippen LogP contribution is -2.49. The maximum Gasteiger partial charge on any atom is 0.243 e. The van der Waals surface area contributed by atoms with Crippen molar-refractivity contribution in [2.75, 3.05) is 39.8 Å². The number of rotatable bonds is 9. The number of halogens is 1. The molecular weight excluding hydrogens is 498 g/mol. The molecule has 0 saturated carbocycles. The summed E-state index contributed by atoms with van der Waals surface area (Å²) in [5.74, 6) is 0.775. The summed E-state index contributed by atoms with van der Waals surface area (Å²) in [6.07, 6.45) is -0.219. The van der Waals surface area contributed by atoms with Crippen molar-refractivity contribution in [3.63, 3.8) is 0 Å². The second-order valence-corrected chi connectivity index (χ2v) is 10.9. The van der Waals surface area contributed by atoms with Crippen molar-refractivity contribution < 1.29 is 17.9 Å². The van der Waals surface area contributed by atoms with Gasteiger partial charge in [0.1, 0.15) is 5.75 Å². The fourth-order valence-corrected chi connectivity index (χ4v) is 5.75. The summed E-state index contributed by atoms with van der Waals surface area (Å²) in [5.41, 5.74) is 2.34. The van der Waals surface area contributed by atoms with E-state index in [2.05, 4.69) is 4.90 Å². The van der Waals surface area contributed by atoms with Crippen LogP contribution in [-0.4, -0.2) is 57.5 Å². The van der Waals surface area contributed by atoms with Crippen LogP contribution < -0.4 is 4.74 Å². The first-order chi connectivity index (χ1) is 17.4. The van der Waals surface area contributed by atoms with Crippen LogP contribution in [0.25, 0.3) is 0 Å². The largest absolute Gasteiger partial charge is 0.497 e. The van der Waals surface area contributed by atoms with Crippen molar-refractivity contribution in [2.24, 2.45) is 0 Å². The number of benzene rings is 3. The minimum Gasteiger partial charge on any atom is -0.497 e. The summed E-state index contributed by atoms with van der Waals surface area (Å²) in [6.45, 7) is 2.90. The average Bonchev–Trinajstić information content (AvgIpc) is 2.92. The molecule has 1 heterocycles. The number of hydrogen-bond donors (Lipinski definition) is 0. The predicted molar refractivity (Wildman–Crippen MR) is 138 cm³/mol. The SMILES string of the molecule is COc1cccc(COC(CN2CCN(S(=O)(=O)c3cccc(C#N)c3)CC2)c2ccc(Cl)cc2)c1. The lowest BCUT2D eigenvalue weighted by atomic mass is 10.1. The van der Waals surface area contributed by atoms with Gasteiger partial charge in [0.05, 0.1) is 36.3 Å². The normalized spacial score (nSPS) is 15.8. The number of nitrogens with zero attached hydrogens (tertiary/aromatic N) is 3. The highest BCUT2D eigenvalue weighted by Crippen LogP contribution is 2.25. The van der Waals surface area contributed by atoms with Crippen LogP contribution in [0.2, 0.25) is 5.02 Å². The molecule has 0 bridgehead atoms. The number of methoxy groups -OCH3 is 1. The summed E-state index contributed by atoms with van der Waals surface area (Å²) >= 11 is 6.10. The third-order valence-electron chi connectivity index (χ3n) is 6.18. The van der Waals surface area contributed by atoms with Crippen molar-refractivity contribution >= 4 is 21.6 Å². The Balaban J connectivity index is 1.42. The molecule has 0 aromatic heterocycles. The van der Waals surface area contributed by atoms with Crippen LogP contribution in [0.4, 0.5) is 0 Å². The molecule has 1 aliphatic heterocycles. The first kappa shape index (κ1) is 26.1. The highest BCUT2D eigenvalue weighted by molar-refractivity contribution is 7.89. The Labute approximate surface area is 217 Å². The third-order valence-corrected chi connectivity index (χ3v) is 8.33. The van der Waals surface area contributed by atoms with Gasteiger partial charge in [-0.25, -0.2) is 8.42 Å². The van der Waals surface area contributed by atoms with Gasteiger partial charge in [0, 0.05) is 37.7 Å². The number of piperazine rings is 1. The van der Waals surface area contributed by atoms with Crippen LogP contribution in [0.3, 0.4) is 0 Å². The zero-order valence-electron chi connectivity index (χ0n) is 20.0. The molecule has 0 aliphatic carbocycles. The van der Waals surface area contributed by atoms with Crippen molar-refractivity contribution in [3.8, 4) is 11.8 Å². The number of ether oxygens (including phenoxy) is 2. The molecule has 1 atom stereocenters. The Kier molecular flexibility index (Phi) is 8.62. The minimum atomic E-state index is -3.66. The smallest absolute Gasteiger partial charge is 0.243 e. The zero-order chi connectivity index (χ0) is 25.5. The summed E-state index contributed by atoms with van der Waals surface area (Å²) in [7, 11) is -2.02. The molecule has 1 aliphatic rings. The van der Waals surface area contributed by atoms with Crippen molar-refractivity contribution in [1.29, 1.82) is 5.26 Å². The summed E-state index contributed by atoms with van der Waals surface area (Å²) in [6, 6.07) is 23.5. The minimum absolute atomic E-state index is 0.149. The van der Waals surface area contributed by atoms with Gasteiger partial charge in [-0.2, -0.15) is 9.57 Å². The standard InChI is InChI=1S/C27H28ClN3O4S/c1-34-25-6-2-5-22(16-25)20-35-27(23-8-10-24(28)11-9-23)19-30-12-14-31(15-13-30)36(32,33)26-7-3-4-21(17-26)18-29/h2-11,16-17,27H,12-15,19-20H2,1H3. The van der Waals surface area contributed by atoms with Gasteiger partial charge in [0.15, 0.2) is 0 Å². The highest BCUT2D eigenvalue weighted by Gasteiger charge is 2.30. The van der Waals surface area contributed by atoms with E-state index in [1.165, 1.54) is 16.4 Å². The maximum atomic E-state index is 13.1. The maximum absolute atomic E-state index is 13.1. The number of nitriles is 1. The molecule has 9 heteroatoms. The Bertz CT molecular complexity index is 1320. The Hall–Kier alpha value is -2.93. The van der Waals surface area contributed by atoms with E-state index in [0.29, 0.717) is 49.9 Å². The molecule has 1 unspecified atom stereocenters. The van der Waals surface area contributed by atoms with E-state index in [-0.39, 0.29) is 11.0 Å². The van der Waals surface area contributed by atoms with Crippen LogP contribution in [-0.2, 0) is 21.4 Å². The highest BCUT2D eigenvalue weighted by atomic mass is 35.5. The number of sulfonamides is 1. The van der Waals surface area contributed by atoms with Crippen LogP contribution in [0.15, 0.2) is 77.7 Å². The van der Waals surface area contributed by atoms with Gasteiger partial charge in [-0.1, -0.05) is 41.9 Å². The quantitative estimate of drug-likeness (QED) is 0.409. The first-order valence-corrected chi connectivity index (χ1v) is 13.4. The van der Waals surface area contributed by atoms with E-state index in [4.69, 9.17) is 26.3 Å². The van der Waals surface area contributed by atoms with Gasteiger partial charge in [0.25, 0.3) is 0 Å². The molecule has 1 saturated heterocycles. The second kappa shape index (κ2) is 11.9. The van der Waals surface area contributed by atoms with Crippen molar-refractivity contribution in [1.82, 2.24) is 9.21 Å². The monoisotopic (exact) mass is 525 g/mol. The Morgan fingerprint density at radius 2 is 1.72 bits per heavy atom. The van der Waals surface area contributed by atoms with Gasteiger partial charge >= 0.3 is 0 Å². The molecule has 36 heavy (non-hydrogen) atoms. The van der Waals surface area contributed by atoms with E-state index in [1.54, 1.807) is 19.2 Å². The molecule has 188 valence electrons. The van der Waals surface area contributed by atoms with Gasteiger partial charge < -0.3 is 9.47 Å². The molecule has 0 amide bonds. The summed E-state index contributed by atoms with van der Waals surface area (Å²) in [4.78, 5) is 2.36. The van der Waals surface area contributed by atoms with E-state index >= 15 is 0 Å². The van der Waals surface area contributed by atoms with Crippen molar-refractivity contribution in [2.45, 2.75) is 17.6 Å². The first-order valence-electron chi connectivity index (χ1n) is 11.6. The van der Waals surface area contributed by atoms with E-state index in [1.807, 2.05) is 54.6 Å². The lowest BCUT2D eigenvalue weighted by molar-refractivity contribution is 0.00767. The third kappa shape index (κ3) is 6.44.